The van der Waals surface area contributed by atoms with E-state index in [1.54, 1.807) is 24.4 Å². The minimum atomic E-state index is -0.241. The van der Waals surface area contributed by atoms with E-state index in [4.69, 9.17) is 4.74 Å². The van der Waals surface area contributed by atoms with Crippen LogP contribution in [0.15, 0.2) is 29.4 Å². The van der Waals surface area contributed by atoms with E-state index < -0.39 is 0 Å². The Kier molecular flexibility index (Phi) is 3.29. The smallest absolute Gasteiger partial charge is 0.132 e. The molecule has 15 heavy (non-hydrogen) atoms. The molecule has 0 spiro atoms. The maximum absolute atomic E-state index is 13.2. The lowest BCUT2D eigenvalue weighted by molar-refractivity contribution is 0.0397. The summed E-state index contributed by atoms with van der Waals surface area (Å²) in [5, 5.41) is 6.09. The van der Waals surface area contributed by atoms with E-state index in [1.807, 2.05) is 5.01 Å². The van der Waals surface area contributed by atoms with Crippen molar-refractivity contribution in [1.82, 2.24) is 5.01 Å². The lowest BCUT2D eigenvalue weighted by atomic mass is 10.2. The Bertz CT molecular complexity index is 348. The van der Waals surface area contributed by atoms with Gasteiger partial charge in [0, 0.05) is 5.56 Å². The van der Waals surface area contributed by atoms with Crippen LogP contribution >= 0.6 is 0 Å². The van der Waals surface area contributed by atoms with E-state index >= 15 is 0 Å². The molecule has 1 heterocycles. The number of ether oxygens (including phenoxy) is 1. The molecule has 1 aliphatic rings. The molecule has 0 N–H and O–H groups in total. The second-order valence-corrected chi connectivity index (χ2v) is 3.33. The number of halogens is 1. The molecule has 0 saturated carbocycles. The van der Waals surface area contributed by atoms with E-state index in [1.165, 1.54) is 6.07 Å². The molecule has 0 radical (unpaired) electrons. The highest BCUT2D eigenvalue weighted by Gasteiger charge is 2.06. The van der Waals surface area contributed by atoms with Crippen molar-refractivity contribution in [1.29, 1.82) is 0 Å². The third-order valence-electron chi connectivity index (χ3n) is 2.25. The molecule has 1 aromatic rings. The Morgan fingerprint density at radius 1 is 1.27 bits per heavy atom. The highest BCUT2D eigenvalue weighted by atomic mass is 19.1. The SMILES string of the molecule is Fc1ccccc1C=NN1CCOCC1. The number of hydrogen-bond acceptors (Lipinski definition) is 3. The minimum Gasteiger partial charge on any atom is -0.378 e. The van der Waals surface area contributed by atoms with Gasteiger partial charge in [-0.3, -0.25) is 5.01 Å². The molecule has 1 fully saturated rings. The van der Waals surface area contributed by atoms with Crippen molar-refractivity contribution in [2.75, 3.05) is 26.3 Å². The number of benzene rings is 1. The number of hydrazone groups is 1. The number of nitrogens with zero attached hydrogens (tertiary/aromatic N) is 2. The number of hydrogen-bond donors (Lipinski definition) is 0. The van der Waals surface area contributed by atoms with Crippen LogP contribution in [-0.2, 0) is 4.74 Å². The second kappa shape index (κ2) is 4.89. The first-order chi connectivity index (χ1) is 7.36. The fourth-order valence-corrected chi connectivity index (χ4v) is 1.39. The van der Waals surface area contributed by atoms with Crippen LogP contribution in [0.5, 0.6) is 0 Å². The first kappa shape index (κ1) is 10.1. The van der Waals surface area contributed by atoms with Gasteiger partial charge in [0.2, 0.25) is 0 Å². The van der Waals surface area contributed by atoms with Crippen molar-refractivity contribution in [3.05, 3.63) is 35.6 Å². The molecule has 0 aliphatic carbocycles. The summed E-state index contributed by atoms with van der Waals surface area (Å²) in [4.78, 5) is 0. The van der Waals surface area contributed by atoms with Crippen LogP contribution in [-0.4, -0.2) is 37.5 Å². The van der Waals surface area contributed by atoms with Crippen LogP contribution in [0.3, 0.4) is 0 Å². The van der Waals surface area contributed by atoms with Crippen LogP contribution in [0.4, 0.5) is 4.39 Å². The Morgan fingerprint density at radius 2 is 2.00 bits per heavy atom. The molecule has 3 nitrogen and oxygen atoms in total. The third kappa shape index (κ3) is 2.76. The van der Waals surface area contributed by atoms with Gasteiger partial charge in [-0.1, -0.05) is 18.2 Å². The van der Waals surface area contributed by atoms with Crippen molar-refractivity contribution in [2.45, 2.75) is 0 Å². The van der Waals surface area contributed by atoms with Gasteiger partial charge in [0.25, 0.3) is 0 Å². The highest BCUT2D eigenvalue weighted by molar-refractivity contribution is 5.79. The quantitative estimate of drug-likeness (QED) is 0.688. The zero-order valence-corrected chi connectivity index (χ0v) is 8.40. The fourth-order valence-electron chi connectivity index (χ4n) is 1.39. The van der Waals surface area contributed by atoms with E-state index in [0.717, 1.165) is 13.1 Å². The molecule has 4 heteroatoms. The van der Waals surface area contributed by atoms with Crippen molar-refractivity contribution in [2.24, 2.45) is 5.10 Å². The van der Waals surface area contributed by atoms with Gasteiger partial charge in [-0.05, 0) is 6.07 Å². The van der Waals surface area contributed by atoms with Crippen LogP contribution in [0, 0.1) is 5.82 Å². The lowest BCUT2D eigenvalue weighted by Crippen LogP contribution is -2.32. The average Bonchev–Trinajstić information content (AvgIpc) is 2.29. The average molecular weight is 208 g/mol. The van der Waals surface area contributed by atoms with Gasteiger partial charge in [-0.15, -0.1) is 0 Å². The molecule has 2 rings (SSSR count). The van der Waals surface area contributed by atoms with Crippen molar-refractivity contribution in [3.8, 4) is 0 Å². The van der Waals surface area contributed by atoms with E-state index in [-0.39, 0.29) is 5.82 Å². The van der Waals surface area contributed by atoms with Gasteiger partial charge in [0.1, 0.15) is 5.82 Å². The summed E-state index contributed by atoms with van der Waals surface area (Å²) in [6.07, 6.45) is 1.56. The minimum absolute atomic E-state index is 0.241. The van der Waals surface area contributed by atoms with Crippen molar-refractivity contribution < 1.29 is 9.13 Å². The normalized spacial score (nSPS) is 17.3. The summed E-state index contributed by atoms with van der Waals surface area (Å²) in [7, 11) is 0. The van der Waals surface area contributed by atoms with Crippen molar-refractivity contribution >= 4 is 6.21 Å². The Hall–Kier alpha value is -1.42. The Balaban J connectivity index is 2.01. The molecule has 1 aliphatic heterocycles. The summed E-state index contributed by atoms with van der Waals surface area (Å²) in [6.45, 7) is 2.92. The predicted molar refractivity (Wildman–Crippen MR) is 56.4 cm³/mol. The highest BCUT2D eigenvalue weighted by Crippen LogP contribution is 2.04. The van der Waals surface area contributed by atoms with Crippen LogP contribution in [0.1, 0.15) is 5.56 Å². The first-order valence-electron chi connectivity index (χ1n) is 4.97. The molecule has 0 unspecified atom stereocenters. The number of rotatable bonds is 2. The van der Waals surface area contributed by atoms with Gasteiger partial charge >= 0.3 is 0 Å². The molecule has 1 saturated heterocycles. The van der Waals surface area contributed by atoms with Gasteiger partial charge in [0.05, 0.1) is 32.5 Å². The molecule has 1 aromatic carbocycles. The van der Waals surface area contributed by atoms with E-state index in [9.17, 15) is 4.39 Å². The third-order valence-corrected chi connectivity index (χ3v) is 2.25. The standard InChI is InChI=1S/C11H13FN2O/c12-11-4-2-1-3-10(11)9-13-14-5-7-15-8-6-14/h1-4,9H,5-8H2. The zero-order chi connectivity index (χ0) is 10.5. The molecular formula is C11H13FN2O. The van der Waals surface area contributed by atoms with Gasteiger partial charge in [-0.2, -0.15) is 5.10 Å². The number of morpholine rings is 1. The monoisotopic (exact) mass is 208 g/mol. The predicted octanol–water partition coefficient (Wildman–Crippen LogP) is 1.49. The molecule has 0 amide bonds. The van der Waals surface area contributed by atoms with Crippen LogP contribution in [0.25, 0.3) is 0 Å². The van der Waals surface area contributed by atoms with Crippen LogP contribution in [0.2, 0.25) is 0 Å². The summed E-state index contributed by atoms with van der Waals surface area (Å²) in [5.41, 5.74) is 0.518. The van der Waals surface area contributed by atoms with Gasteiger partial charge in [0.15, 0.2) is 0 Å². The summed E-state index contributed by atoms with van der Waals surface area (Å²) in [6, 6.07) is 6.60. The zero-order valence-electron chi connectivity index (χ0n) is 8.40. The topological polar surface area (TPSA) is 24.8 Å². The van der Waals surface area contributed by atoms with Gasteiger partial charge in [-0.25, -0.2) is 4.39 Å². The fraction of sp³-hybridized carbons (Fsp3) is 0.364. The summed E-state index contributed by atoms with van der Waals surface area (Å²) >= 11 is 0. The molecule has 0 bridgehead atoms. The van der Waals surface area contributed by atoms with Crippen LogP contribution < -0.4 is 0 Å². The summed E-state index contributed by atoms with van der Waals surface area (Å²) < 4.78 is 18.4. The van der Waals surface area contributed by atoms with Crippen molar-refractivity contribution in [3.63, 3.8) is 0 Å². The van der Waals surface area contributed by atoms with E-state index in [2.05, 4.69) is 5.10 Å². The van der Waals surface area contributed by atoms with E-state index in [0.29, 0.717) is 18.8 Å². The van der Waals surface area contributed by atoms with Gasteiger partial charge < -0.3 is 4.74 Å². The molecule has 0 aromatic heterocycles. The summed E-state index contributed by atoms with van der Waals surface area (Å²) in [5.74, 6) is -0.241. The lowest BCUT2D eigenvalue weighted by Gasteiger charge is -2.23. The Labute approximate surface area is 88.2 Å². The largest absolute Gasteiger partial charge is 0.378 e. The molecule has 80 valence electrons. The first-order valence-corrected chi connectivity index (χ1v) is 4.97. The maximum Gasteiger partial charge on any atom is 0.132 e. The Morgan fingerprint density at radius 3 is 2.73 bits per heavy atom. The second-order valence-electron chi connectivity index (χ2n) is 3.33. The molecular weight excluding hydrogens is 195 g/mol. The molecule has 0 atom stereocenters. The maximum atomic E-state index is 13.2.